The Morgan fingerprint density at radius 3 is 2.42 bits per heavy atom. The third kappa shape index (κ3) is 6.89. The van der Waals surface area contributed by atoms with Crippen LogP contribution in [0.1, 0.15) is 18.6 Å². The van der Waals surface area contributed by atoms with Gasteiger partial charge in [-0.1, -0.05) is 54.6 Å². The summed E-state index contributed by atoms with van der Waals surface area (Å²) in [5.41, 5.74) is 7.82. The van der Waals surface area contributed by atoms with E-state index in [9.17, 15) is 14.7 Å². The van der Waals surface area contributed by atoms with Crippen LogP contribution in [0.2, 0.25) is 0 Å². The molecule has 0 saturated carbocycles. The third-order valence-electron chi connectivity index (χ3n) is 6.11. The van der Waals surface area contributed by atoms with Gasteiger partial charge in [0.15, 0.2) is 17.6 Å². The van der Waals surface area contributed by atoms with E-state index in [1.165, 1.54) is 25.3 Å². The third-order valence-corrected chi connectivity index (χ3v) is 6.11. The summed E-state index contributed by atoms with van der Waals surface area (Å²) in [5.74, 6) is -0.329. The van der Waals surface area contributed by atoms with Gasteiger partial charge in [0.25, 0.3) is 0 Å². The van der Waals surface area contributed by atoms with Crippen LogP contribution in [0.4, 0.5) is 21.9 Å². The van der Waals surface area contributed by atoms with E-state index < -0.39 is 24.2 Å². The van der Waals surface area contributed by atoms with Gasteiger partial charge in [-0.05, 0) is 54.3 Å². The Bertz CT molecular complexity index is 1510. The summed E-state index contributed by atoms with van der Waals surface area (Å²) in [4.78, 5) is 25.9. The summed E-state index contributed by atoms with van der Waals surface area (Å²) in [6.07, 6.45) is 0.133. The fourth-order valence-electron chi connectivity index (χ4n) is 4.20. The summed E-state index contributed by atoms with van der Waals surface area (Å²) in [6, 6.07) is 24.7. The number of benzene rings is 4. The van der Waals surface area contributed by atoms with Gasteiger partial charge in [-0.2, -0.15) is 0 Å². The average Bonchev–Trinajstić information content (AvgIpc) is 2.95. The molecule has 0 bridgehead atoms. The molecule has 0 aliphatic carbocycles. The molecule has 0 aromatic heterocycles. The Balaban J connectivity index is 1.61. The number of para-hydroxylation sites is 2. The molecule has 40 heavy (non-hydrogen) atoms. The number of hydrogen-bond donors (Lipinski definition) is 4. The minimum Gasteiger partial charge on any atom is -0.504 e. The Hall–Kier alpha value is -5.02. The Labute approximate surface area is 232 Å². The van der Waals surface area contributed by atoms with Gasteiger partial charge >= 0.3 is 6.09 Å². The van der Waals surface area contributed by atoms with Crippen LogP contribution in [0.5, 0.6) is 11.5 Å². The van der Waals surface area contributed by atoms with E-state index >= 15 is 0 Å². The van der Waals surface area contributed by atoms with Crippen molar-refractivity contribution < 1.29 is 28.9 Å². The predicted molar refractivity (Wildman–Crippen MR) is 155 cm³/mol. The standard InChI is InChI=1S/C31H31N3O6/c1-3-39-28(17-18-29(36)33-25-13-7-6-12-23(25)32)30(21-15-16-27(38-2)26(35)19-21)40-31(37)34-24-14-8-10-20-9-4-5-11-22(20)24/h4-19,28,30,35H,3,32H2,1-2H3,(H,33,36)(H,34,37)/b18-17+/t28-,30-/m1/s1. The van der Waals surface area contributed by atoms with E-state index in [1.807, 2.05) is 36.4 Å². The zero-order valence-electron chi connectivity index (χ0n) is 22.2. The first-order valence-electron chi connectivity index (χ1n) is 12.7. The van der Waals surface area contributed by atoms with Crippen molar-refractivity contribution in [2.75, 3.05) is 30.1 Å². The van der Waals surface area contributed by atoms with Crippen molar-refractivity contribution in [1.82, 2.24) is 0 Å². The molecule has 0 spiro atoms. The number of anilines is 3. The second-order valence-electron chi connectivity index (χ2n) is 8.76. The molecule has 0 saturated heterocycles. The molecule has 0 aliphatic rings. The van der Waals surface area contributed by atoms with Crippen molar-refractivity contribution in [3.8, 4) is 11.5 Å². The van der Waals surface area contributed by atoms with E-state index in [4.69, 9.17) is 19.9 Å². The highest BCUT2D eigenvalue weighted by Crippen LogP contribution is 2.33. The number of carbonyl (C=O) groups is 2. The number of nitrogens with one attached hydrogen (secondary N) is 2. The normalized spacial score (nSPS) is 12.6. The number of amides is 2. The molecule has 9 nitrogen and oxygen atoms in total. The number of rotatable bonds is 10. The molecule has 4 aromatic carbocycles. The summed E-state index contributed by atoms with van der Waals surface area (Å²) >= 11 is 0. The minimum absolute atomic E-state index is 0.139. The lowest BCUT2D eigenvalue weighted by atomic mass is 10.0. The molecule has 9 heteroatoms. The van der Waals surface area contributed by atoms with E-state index in [0.29, 0.717) is 22.6 Å². The molecule has 0 heterocycles. The quantitative estimate of drug-likeness (QED) is 0.142. The number of nitrogens with two attached hydrogens (primary N) is 1. The molecule has 0 radical (unpaired) electrons. The smallest absolute Gasteiger partial charge is 0.412 e. The lowest BCUT2D eigenvalue weighted by Crippen LogP contribution is -2.28. The summed E-state index contributed by atoms with van der Waals surface area (Å²) in [5, 5.41) is 17.8. The zero-order chi connectivity index (χ0) is 28.5. The van der Waals surface area contributed by atoms with Gasteiger partial charge in [0.05, 0.1) is 24.2 Å². The van der Waals surface area contributed by atoms with Crippen LogP contribution in [0.15, 0.2) is 97.1 Å². The highest BCUT2D eigenvalue weighted by atomic mass is 16.6. The molecule has 0 unspecified atom stereocenters. The monoisotopic (exact) mass is 541 g/mol. The number of fused-ring (bicyclic) bond motifs is 1. The SMILES string of the molecule is CCO[C@H](/C=C/C(=O)Nc1ccccc1N)[C@H](OC(=O)Nc1cccc2ccccc12)c1ccc(OC)c(O)c1. The number of phenols is 1. The number of hydrogen-bond acceptors (Lipinski definition) is 7. The van der Waals surface area contributed by atoms with Gasteiger partial charge in [0.1, 0.15) is 6.10 Å². The molecule has 0 fully saturated rings. The van der Waals surface area contributed by atoms with Crippen LogP contribution >= 0.6 is 0 Å². The largest absolute Gasteiger partial charge is 0.504 e. The first-order valence-corrected chi connectivity index (χ1v) is 12.7. The van der Waals surface area contributed by atoms with Crippen molar-refractivity contribution >= 4 is 39.8 Å². The maximum atomic E-state index is 13.2. The highest BCUT2D eigenvalue weighted by Gasteiger charge is 2.27. The lowest BCUT2D eigenvalue weighted by molar-refractivity contribution is -0.112. The van der Waals surface area contributed by atoms with Gasteiger partial charge in [0.2, 0.25) is 5.91 Å². The molecular formula is C31H31N3O6. The van der Waals surface area contributed by atoms with E-state index in [2.05, 4.69) is 10.6 Å². The molecule has 206 valence electrons. The fourth-order valence-corrected chi connectivity index (χ4v) is 4.20. The van der Waals surface area contributed by atoms with Crippen molar-refractivity contribution in [1.29, 1.82) is 0 Å². The van der Waals surface area contributed by atoms with Crippen LogP contribution in [0.25, 0.3) is 10.8 Å². The first-order chi connectivity index (χ1) is 19.4. The predicted octanol–water partition coefficient (Wildman–Crippen LogP) is 6.03. The second-order valence-corrected chi connectivity index (χ2v) is 8.76. The van der Waals surface area contributed by atoms with Gasteiger partial charge in [-0.25, -0.2) is 4.79 Å². The second kappa shape index (κ2) is 13.2. The topological polar surface area (TPSA) is 132 Å². The number of ether oxygens (including phenoxy) is 3. The zero-order valence-corrected chi connectivity index (χ0v) is 22.2. The number of aromatic hydroxyl groups is 1. The number of nitrogen functional groups attached to an aromatic ring is 1. The highest BCUT2D eigenvalue weighted by molar-refractivity contribution is 6.01. The Kier molecular flexibility index (Phi) is 9.22. The van der Waals surface area contributed by atoms with Gasteiger partial charge in [0, 0.05) is 18.1 Å². The first kappa shape index (κ1) is 28.0. The fraction of sp³-hybridized carbons (Fsp3) is 0.161. The lowest BCUT2D eigenvalue weighted by Gasteiger charge is -2.26. The summed E-state index contributed by atoms with van der Waals surface area (Å²) in [6.45, 7) is 2.04. The van der Waals surface area contributed by atoms with Crippen molar-refractivity contribution in [3.05, 3.63) is 103 Å². The maximum absolute atomic E-state index is 13.2. The molecule has 2 atom stereocenters. The van der Waals surface area contributed by atoms with Gasteiger partial charge < -0.3 is 30.4 Å². The number of carbonyl (C=O) groups excluding carboxylic acids is 2. The van der Waals surface area contributed by atoms with E-state index in [1.54, 1.807) is 49.4 Å². The molecule has 4 aromatic rings. The number of methoxy groups -OCH3 is 1. The van der Waals surface area contributed by atoms with E-state index in [-0.39, 0.29) is 18.1 Å². The van der Waals surface area contributed by atoms with Crippen LogP contribution in [-0.2, 0) is 14.3 Å². The molecule has 2 amide bonds. The van der Waals surface area contributed by atoms with E-state index in [0.717, 1.165) is 10.8 Å². The van der Waals surface area contributed by atoms with Crippen LogP contribution in [0, 0.1) is 0 Å². The molecule has 5 N–H and O–H groups in total. The van der Waals surface area contributed by atoms with Crippen LogP contribution in [-0.4, -0.2) is 36.9 Å². The van der Waals surface area contributed by atoms with Crippen molar-refractivity contribution in [2.24, 2.45) is 0 Å². The minimum atomic E-state index is -1.03. The summed E-state index contributed by atoms with van der Waals surface area (Å²) < 4.78 is 16.9. The number of phenolic OH excluding ortho intramolecular Hbond substituents is 1. The molecule has 0 aliphatic heterocycles. The van der Waals surface area contributed by atoms with Gasteiger partial charge in [-0.3, -0.25) is 10.1 Å². The van der Waals surface area contributed by atoms with Gasteiger partial charge in [-0.15, -0.1) is 0 Å². The Morgan fingerprint density at radius 1 is 0.950 bits per heavy atom. The maximum Gasteiger partial charge on any atom is 0.412 e. The van der Waals surface area contributed by atoms with Crippen molar-refractivity contribution in [2.45, 2.75) is 19.1 Å². The molecular weight excluding hydrogens is 510 g/mol. The van der Waals surface area contributed by atoms with Crippen molar-refractivity contribution in [3.63, 3.8) is 0 Å². The average molecular weight is 542 g/mol. The summed E-state index contributed by atoms with van der Waals surface area (Å²) in [7, 11) is 1.43. The Morgan fingerprint density at radius 2 is 1.68 bits per heavy atom. The molecule has 4 rings (SSSR count). The van der Waals surface area contributed by atoms with Crippen LogP contribution in [0.3, 0.4) is 0 Å². The van der Waals surface area contributed by atoms with Crippen LogP contribution < -0.4 is 21.1 Å².